The molecule has 14 heavy (non-hydrogen) atoms. The van der Waals surface area contributed by atoms with Crippen molar-refractivity contribution in [3.63, 3.8) is 0 Å². The van der Waals surface area contributed by atoms with Gasteiger partial charge in [-0.1, -0.05) is 32.3 Å². The summed E-state index contributed by atoms with van der Waals surface area (Å²) in [6.07, 6.45) is 6.49. The molecule has 1 saturated carbocycles. The van der Waals surface area contributed by atoms with Crippen molar-refractivity contribution in [3.05, 3.63) is 11.1 Å². The largest absolute Gasteiger partial charge is 0.478 e. The van der Waals surface area contributed by atoms with Crippen LogP contribution in [0.3, 0.4) is 0 Å². The first-order valence-corrected chi connectivity index (χ1v) is 5.62. The van der Waals surface area contributed by atoms with E-state index in [4.69, 9.17) is 5.11 Å². The first kappa shape index (κ1) is 11.3. The van der Waals surface area contributed by atoms with Gasteiger partial charge in [0.05, 0.1) is 0 Å². The van der Waals surface area contributed by atoms with Gasteiger partial charge in [-0.25, -0.2) is 4.79 Å². The summed E-state index contributed by atoms with van der Waals surface area (Å²) in [7, 11) is 0. The molecule has 0 amide bonds. The van der Waals surface area contributed by atoms with Crippen molar-refractivity contribution in [1.82, 2.24) is 0 Å². The fourth-order valence-corrected chi connectivity index (χ4v) is 2.33. The Kier molecular flexibility index (Phi) is 4.18. The van der Waals surface area contributed by atoms with Crippen LogP contribution in [-0.2, 0) is 4.79 Å². The zero-order valence-corrected chi connectivity index (χ0v) is 9.18. The van der Waals surface area contributed by atoms with E-state index in [2.05, 4.69) is 6.92 Å². The van der Waals surface area contributed by atoms with Crippen LogP contribution < -0.4 is 0 Å². The highest BCUT2D eigenvalue weighted by molar-refractivity contribution is 5.87. The molecular formula is C12H20O2. The van der Waals surface area contributed by atoms with Crippen LogP contribution in [0.4, 0.5) is 0 Å². The van der Waals surface area contributed by atoms with E-state index >= 15 is 0 Å². The summed E-state index contributed by atoms with van der Waals surface area (Å²) in [5.74, 6) is -0.236. The molecule has 0 aromatic carbocycles. The van der Waals surface area contributed by atoms with E-state index in [0.717, 1.165) is 19.3 Å². The molecule has 0 spiro atoms. The quantitative estimate of drug-likeness (QED) is 0.543. The van der Waals surface area contributed by atoms with Gasteiger partial charge < -0.3 is 5.11 Å². The van der Waals surface area contributed by atoms with Crippen LogP contribution >= 0.6 is 0 Å². The molecule has 1 fully saturated rings. The van der Waals surface area contributed by atoms with Gasteiger partial charge in [0.1, 0.15) is 0 Å². The van der Waals surface area contributed by atoms with E-state index in [1.165, 1.54) is 18.4 Å². The van der Waals surface area contributed by atoms with Crippen LogP contribution in [0.2, 0.25) is 0 Å². The second kappa shape index (κ2) is 5.18. The monoisotopic (exact) mass is 196 g/mol. The second-order valence-corrected chi connectivity index (χ2v) is 4.16. The molecular weight excluding hydrogens is 176 g/mol. The first-order valence-electron chi connectivity index (χ1n) is 5.62. The Morgan fingerprint density at radius 1 is 1.43 bits per heavy atom. The zero-order chi connectivity index (χ0) is 10.6. The Hall–Kier alpha value is -0.790. The van der Waals surface area contributed by atoms with Crippen molar-refractivity contribution in [1.29, 1.82) is 0 Å². The highest BCUT2D eigenvalue weighted by Gasteiger charge is 2.19. The fraction of sp³-hybridized carbons (Fsp3) is 0.750. The lowest BCUT2D eigenvalue weighted by Crippen LogP contribution is -2.08. The standard InChI is InChI=1S/C12H20O2/c1-3-10(12(13)14)11-8-6-4-5-7-9(11)2/h9H,3-8H2,1-2H3,(H,13,14)/b11-10-. The van der Waals surface area contributed by atoms with Gasteiger partial charge in [0, 0.05) is 5.57 Å². The fourth-order valence-electron chi connectivity index (χ4n) is 2.33. The van der Waals surface area contributed by atoms with Crippen LogP contribution in [0.1, 0.15) is 52.4 Å². The average Bonchev–Trinajstić information content (AvgIpc) is 2.33. The van der Waals surface area contributed by atoms with Crippen molar-refractivity contribution < 1.29 is 9.90 Å². The molecule has 80 valence electrons. The molecule has 1 unspecified atom stereocenters. The minimum Gasteiger partial charge on any atom is -0.478 e. The van der Waals surface area contributed by atoms with Gasteiger partial charge in [-0.15, -0.1) is 0 Å². The number of aliphatic carboxylic acids is 1. The van der Waals surface area contributed by atoms with Gasteiger partial charge in [0.2, 0.25) is 0 Å². The van der Waals surface area contributed by atoms with Gasteiger partial charge in [-0.3, -0.25) is 0 Å². The third-order valence-electron chi connectivity index (χ3n) is 3.18. The van der Waals surface area contributed by atoms with E-state index < -0.39 is 5.97 Å². The summed E-state index contributed by atoms with van der Waals surface area (Å²) in [6.45, 7) is 4.10. The van der Waals surface area contributed by atoms with Crippen molar-refractivity contribution in [3.8, 4) is 0 Å². The number of hydrogen-bond acceptors (Lipinski definition) is 1. The molecule has 0 aliphatic heterocycles. The van der Waals surface area contributed by atoms with E-state index in [1.807, 2.05) is 6.92 Å². The Morgan fingerprint density at radius 3 is 2.71 bits per heavy atom. The molecule has 1 aliphatic rings. The maximum atomic E-state index is 11.0. The third-order valence-corrected chi connectivity index (χ3v) is 3.18. The number of allylic oxidation sites excluding steroid dienone is 1. The van der Waals surface area contributed by atoms with Crippen LogP contribution in [0, 0.1) is 5.92 Å². The summed E-state index contributed by atoms with van der Waals surface area (Å²) in [5.41, 5.74) is 1.87. The van der Waals surface area contributed by atoms with Crippen LogP contribution in [0.25, 0.3) is 0 Å². The highest BCUT2D eigenvalue weighted by atomic mass is 16.4. The van der Waals surface area contributed by atoms with Crippen LogP contribution in [0.5, 0.6) is 0 Å². The third kappa shape index (κ3) is 2.60. The normalized spacial score (nSPS) is 26.9. The lowest BCUT2D eigenvalue weighted by atomic mass is 9.90. The lowest BCUT2D eigenvalue weighted by molar-refractivity contribution is -0.132. The summed E-state index contributed by atoms with van der Waals surface area (Å²) in [4.78, 5) is 11.0. The van der Waals surface area contributed by atoms with E-state index in [1.54, 1.807) is 0 Å². The second-order valence-electron chi connectivity index (χ2n) is 4.16. The van der Waals surface area contributed by atoms with Crippen molar-refractivity contribution >= 4 is 5.97 Å². The number of rotatable bonds is 2. The molecule has 0 heterocycles. The maximum absolute atomic E-state index is 11.0. The lowest BCUT2D eigenvalue weighted by Gasteiger charge is -2.15. The smallest absolute Gasteiger partial charge is 0.331 e. The number of hydrogen-bond donors (Lipinski definition) is 1. The molecule has 0 aromatic heterocycles. The summed E-state index contributed by atoms with van der Waals surface area (Å²) in [6, 6.07) is 0. The molecule has 2 heteroatoms. The molecule has 0 radical (unpaired) electrons. The van der Waals surface area contributed by atoms with Gasteiger partial charge in [-0.2, -0.15) is 0 Å². The molecule has 0 saturated heterocycles. The topological polar surface area (TPSA) is 37.3 Å². The van der Waals surface area contributed by atoms with E-state index in [0.29, 0.717) is 17.9 Å². The van der Waals surface area contributed by atoms with Gasteiger partial charge >= 0.3 is 5.97 Å². The predicted octanol–water partition coefficient (Wildman–Crippen LogP) is 3.38. The minimum absolute atomic E-state index is 0.476. The van der Waals surface area contributed by atoms with Crippen molar-refractivity contribution in [2.45, 2.75) is 52.4 Å². The molecule has 1 atom stereocenters. The highest BCUT2D eigenvalue weighted by Crippen LogP contribution is 2.31. The molecule has 1 N–H and O–H groups in total. The zero-order valence-electron chi connectivity index (χ0n) is 9.18. The first-order chi connectivity index (χ1) is 6.66. The Balaban J connectivity index is 2.93. The molecule has 0 aromatic rings. The molecule has 2 nitrogen and oxygen atoms in total. The number of carboxylic acids is 1. The van der Waals surface area contributed by atoms with Crippen LogP contribution in [-0.4, -0.2) is 11.1 Å². The minimum atomic E-state index is -0.712. The average molecular weight is 196 g/mol. The SMILES string of the molecule is CC/C(C(=O)O)=C1\CCCCCC1C. The van der Waals surface area contributed by atoms with E-state index in [-0.39, 0.29) is 0 Å². The summed E-state index contributed by atoms with van der Waals surface area (Å²) < 4.78 is 0. The number of carbonyl (C=O) groups is 1. The Labute approximate surface area is 86.0 Å². The van der Waals surface area contributed by atoms with Gasteiger partial charge in [-0.05, 0) is 31.6 Å². The predicted molar refractivity (Wildman–Crippen MR) is 57.2 cm³/mol. The Morgan fingerprint density at radius 2 is 2.14 bits per heavy atom. The van der Waals surface area contributed by atoms with Crippen LogP contribution in [0.15, 0.2) is 11.1 Å². The van der Waals surface area contributed by atoms with Gasteiger partial charge in [0.25, 0.3) is 0 Å². The van der Waals surface area contributed by atoms with Gasteiger partial charge in [0.15, 0.2) is 0 Å². The summed E-state index contributed by atoms with van der Waals surface area (Å²) >= 11 is 0. The molecule has 1 rings (SSSR count). The number of carboxylic acid groups (broad SMARTS) is 1. The van der Waals surface area contributed by atoms with E-state index in [9.17, 15) is 4.79 Å². The summed E-state index contributed by atoms with van der Waals surface area (Å²) in [5, 5.41) is 9.08. The maximum Gasteiger partial charge on any atom is 0.331 e. The van der Waals surface area contributed by atoms with Crippen molar-refractivity contribution in [2.75, 3.05) is 0 Å². The van der Waals surface area contributed by atoms with Crippen molar-refractivity contribution in [2.24, 2.45) is 5.92 Å². The Bertz CT molecular complexity index is 241. The molecule has 0 bridgehead atoms. The molecule has 1 aliphatic carbocycles.